The summed E-state index contributed by atoms with van der Waals surface area (Å²) in [5, 5.41) is 4.57. The first-order valence-corrected chi connectivity index (χ1v) is 14.3. The lowest BCUT2D eigenvalue weighted by Gasteiger charge is -2.43. The number of piperazine rings is 1. The van der Waals surface area contributed by atoms with Crippen LogP contribution in [0, 0.1) is 5.92 Å². The van der Waals surface area contributed by atoms with Gasteiger partial charge in [-0.1, -0.05) is 6.07 Å². The average Bonchev–Trinajstić information content (AvgIpc) is 3.75. The summed E-state index contributed by atoms with van der Waals surface area (Å²) in [6.45, 7) is 8.16. The lowest BCUT2D eigenvalue weighted by molar-refractivity contribution is -0.132. The molecule has 2 saturated heterocycles. The second kappa shape index (κ2) is 10.9. The predicted molar refractivity (Wildman–Crippen MR) is 151 cm³/mol. The zero-order valence-electron chi connectivity index (χ0n) is 23.4. The van der Waals surface area contributed by atoms with E-state index in [4.69, 9.17) is 14.5 Å². The Morgan fingerprint density at radius 1 is 1.08 bits per heavy atom. The summed E-state index contributed by atoms with van der Waals surface area (Å²) in [5.41, 5.74) is 5.00. The second-order valence-electron chi connectivity index (χ2n) is 11.3. The van der Waals surface area contributed by atoms with Crippen molar-refractivity contribution in [3.8, 4) is 11.3 Å². The molecule has 0 spiro atoms. The fourth-order valence-corrected chi connectivity index (χ4v) is 6.28. The molecule has 0 unspecified atom stereocenters. The van der Waals surface area contributed by atoms with Gasteiger partial charge in [-0.15, -0.1) is 0 Å². The van der Waals surface area contributed by atoms with Gasteiger partial charge in [-0.25, -0.2) is 4.52 Å². The van der Waals surface area contributed by atoms with E-state index < -0.39 is 0 Å². The number of methoxy groups -OCH3 is 2. The Morgan fingerprint density at radius 3 is 2.49 bits per heavy atom. The molecular formula is C30H40N6O3. The number of hydrogen-bond donors (Lipinski definition) is 0. The van der Waals surface area contributed by atoms with E-state index in [0.29, 0.717) is 11.9 Å². The summed E-state index contributed by atoms with van der Waals surface area (Å²) >= 11 is 0. The quantitative estimate of drug-likeness (QED) is 0.440. The summed E-state index contributed by atoms with van der Waals surface area (Å²) in [7, 11) is 3.58. The van der Waals surface area contributed by atoms with Crippen LogP contribution in [0.15, 0.2) is 42.9 Å². The maximum atomic E-state index is 12.5. The summed E-state index contributed by atoms with van der Waals surface area (Å²) in [5.74, 6) is 0.628. The average molecular weight is 533 g/mol. The van der Waals surface area contributed by atoms with Gasteiger partial charge in [0.2, 0.25) is 5.91 Å². The van der Waals surface area contributed by atoms with Gasteiger partial charge in [-0.2, -0.15) is 5.10 Å². The van der Waals surface area contributed by atoms with E-state index in [1.165, 1.54) is 0 Å². The zero-order chi connectivity index (χ0) is 27.0. The van der Waals surface area contributed by atoms with Crippen molar-refractivity contribution in [1.82, 2.24) is 24.4 Å². The predicted octanol–water partition coefficient (Wildman–Crippen LogP) is 3.43. The summed E-state index contributed by atoms with van der Waals surface area (Å²) in [6, 6.07) is 8.94. The fraction of sp³-hybridized carbons (Fsp3) is 0.567. The molecule has 1 amide bonds. The molecule has 2 aliphatic heterocycles. The Kier molecular flexibility index (Phi) is 7.31. The lowest BCUT2D eigenvalue weighted by Crippen LogP contribution is -2.49. The van der Waals surface area contributed by atoms with Crippen LogP contribution in [-0.4, -0.2) is 96.4 Å². The number of fused-ring (bicyclic) bond motifs is 1. The fourth-order valence-electron chi connectivity index (χ4n) is 6.28. The largest absolute Gasteiger partial charge is 0.383 e. The van der Waals surface area contributed by atoms with Gasteiger partial charge in [0.15, 0.2) is 0 Å². The van der Waals surface area contributed by atoms with E-state index in [-0.39, 0.29) is 11.5 Å². The van der Waals surface area contributed by atoms with Gasteiger partial charge < -0.3 is 19.3 Å². The third kappa shape index (κ3) is 5.15. The highest BCUT2D eigenvalue weighted by atomic mass is 16.5. The molecule has 3 fully saturated rings. The molecule has 9 nitrogen and oxygen atoms in total. The lowest BCUT2D eigenvalue weighted by atomic mass is 9.84. The Morgan fingerprint density at radius 2 is 1.85 bits per heavy atom. The minimum atomic E-state index is -0.307. The molecule has 1 atom stereocenters. The molecule has 0 bridgehead atoms. The Hall–Kier alpha value is -3.01. The Bertz CT molecular complexity index is 1290. The van der Waals surface area contributed by atoms with Gasteiger partial charge in [-0.05, 0) is 50.8 Å². The van der Waals surface area contributed by atoms with E-state index >= 15 is 0 Å². The van der Waals surface area contributed by atoms with Crippen LogP contribution in [-0.2, 0) is 19.9 Å². The van der Waals surface area contributed by atoms with E-state index in [9.17, 15) is 4.79 Å². The van der Waals surface area contributed by atoms with Gasteiger partial charge in [-0.3, -0.25) is 14.7 Å². The van der Waals surface area contributed by atoms with Crippen LogP contribution in [0.1, 0.15) is 38.2 Å². The first-order chi connectivity index (χ1) is 19.0. The first-order valence-electron chi connectivity index (χ1n) is 14.3. The van der Waals surface area contributed by atoms with Crippen LogP contribution in [0.2, 0.25) is 0 Å². The van der Waals surface area contributed by atoms with E-state index in [1.807, 2.05) is 28.9 Å². The number of nitrogens with zero attached hydrogens (tertiary/aromatic N) is 6. The molecule has 1 saturated carbocycles. The smallest absolute Gasteiger partial charge is 0.225 e. The Labute approximate surface area is 230 Å². The van der Waals surface area contributed by atoms with Gasteiger partial charge >= 0.3 is 0 Å². The second-order valence-corrected chi connectivity index (χ2v) is 11.3. The van der Waals surface area contributed by atoms with Crippen molar-refractivity contribution in [2.75, 3.05) is 65.0 Å². The van der Waals surface area contributed by atoms with Crippen LogP contribution in [0.4, 0.5) is 5.69 Å². The highest BCUT2D eigenvalue weighted by Crippen LogP contribution is 2.37. The summed E-state index contributed by atoms with van der Waals surface area (Å²) in [4.78, 5) is 24.2. The van der Waals surface area contributed by atoms with Crippen molar-refractivity contribution < 1.29 is 14.3 Å². The highest BCUT2D eigenvalue weighted by molar-refractivity contribution is 5.82. The number of amides is 1. The van der Waals surface area contributed by atoms with Gasteiger partial charge in [0.1, 0.15) is 0 Å². The number of pyridine rings is 1. The van der Waals surface area contributed by atoms with Crippen LogP contribution < -0.4 is 4.90 Å². The highest BCUT2D eigenvalue weighted by Gasteiger charge is 2.38. The van der Waals surface area contributed by atoms with Crippen molar-refractivity contribution in [1.29, 1.82) is 0 Å². The molecule has 0 radical (unpaired) electrons. The molecule has 1 aliphatic carbocycles. The summed E-state index contributed by atoms with van der Waals surface area (Å²) < 4.78 is 13.4. The third-order valence-electron chi connectivity index (χ3n) is 8.96. The first kappa shape index (κ1) is 26.2. The topological polar surface area (TPSA) is 75.4 Å². The van der Waals surface area contributed by atoms with E-state index in [1.54, 1.807) is 7.11 Å². The maximum absolute atomic E-state index is 12.5. The van der Waals surface area contributed by atoms with Crippen LogP contribution in [0.3, 0.4) is 0 Å². The number of carbonyl (C=O) groups excluding carboxylic acids is 1. The van der Waals surface area contributed by atoms with Crippen molar-refractivity contribution in [2.45, 2.75) is 44.2 Å². The number of hydrogen-bond acceptors (Lipinski definition) is 7. The SMILES string of the molecule is COC[C@H](C)N1CCC(OC)(c2ccc(-c3cc4c(N5CCN(C(=O)C6CC6)CC5)ccnn4c3)nc2)CC1. The number of piperidine rings is 1. The number of rotatable bonds is 8. The molecule has 0 N–H and O–H groups in total. The standard InChI is InChI=1S/C30H40N6O3/c1-22(21-38-2)33-12-9-30(39-3,10-13-33)25-6-7-26(31-19-25)24-18-28-27(8-11-32-36(28)20-24)34-14-16-35(17-15-34)29(37)23-4-5-23/h6-8,11,18-20,22-23H,4-5,9-10,12-17,21H2,1-3H3/t22-/m0/s1. The molecule has 9 heteroatoms. The maximum Gasteiger partial charge on any atom is 0.225 e. The Balaban J connectivity index is 1.17. The van der Waals surface area contributed by atoms with Crippen LogP contribution in [0.5, 0.6) is 0 Å². The van der Waals surface area contributed by atoms with Crippen molar-refractivity contribution in [3.05, 3.63) is 48.4 Å². The van der Waals surface area contributed by atoms with Gasteiger partial charge in [0.05, 0.1) is 29.1 Å². The molecule has 208 valence electrons. The van der Waals surface area contributed by atoms with E-state index in [0.717, 1.165) is 99.6 Å². The molecule has 3 aliphatic rings. The number of likely N-dealkylation sites (tertiary alicyclic amines) is 1. The minimum absolute atomic E-state index is 0.285. The molecule has 5 heterocycles. The molecule has 39 heavy (non-hydrogen) atoms. The number of anilines is 1. The van der Waals surface area contributed by atoms with Crippen molar-refractivity contribution in [2.24, 2.45) is 5.92 Å². The summed E-state index contributed by atoms with van der Waals surface area (Å²) in [6.07, 6.45) is 9.88. The van der Waals surface area contributed by atoms with Crippen molar-refractivity contribution >= 4 is 17.1 Å². The van der Waals surface area contributed by atoms with Crippen molar-refractivity contribution in [3.63, 3.8) is 0 Å². The molecule has 3 aromatic rings. The number of aromatic nitrogens is 3. The zero-order valence-corrected chi connectivity index (χ0v) is 23.4. The number of ether oxygens (including phenoxy) is 2. The van der Waals surface area contributed by atoms with Crippen LogP contribution in [0.25, 0.3) is 16.8 Å². The van der Waals surface area contributed by atoms with Crippen LogP contribution >= 0.6 is 0 Å². The minimum Gasteiger partial charge on any atom is -0.383 e. The monoisotopic (exact) mass is 532 g/mol. The molecule has 0 aromatic carbocycles. The normalized spacial score (nSPS) is 20.9. The third-order valence-corrected chi connectivity index (χ3v) is 8.96. The number of carbonyl (C=O) groups is 1. The molecule has 3 aromatic heterocycles. The van der Waals surface area contributed by atoms with Gasteiger partial charge in [0.25, 0.3) is 0 Å². The molecular weight excluding hydrogens is 492 g/mol. The van der Waals surface area contributed by atoms with E-state index in [2.05, 4.69) is 52.3 Å². The molecule has 6 rings (SSSR count). The van der Waals surface area contributed by atoms with Gasteiger partial charge in [0, 0.05) is 95.2 Å².